The summed E-state index contributed by atoms with van der Waals surface area (Å²) in [6, 6.07) is 9.15. The van der Waals surface area contributed by atoms with Crippen LogP contribution in [0.3, 0.4) is 0 Å². The number of halogens is 1. The zero-order valence-electron chi connectivity index (χ0n) is 9.33. The van der Waals surface area contributed by atoms with Crippen LogP contribution >= 0.6 is 15.9 Å². The summed E-state index contributed by atoms with van der Waals surface area (Å²) in [4.78, 5) is 18.7. The lowest BCUT2D eigenvalue weighted by Gasteiger charge is -2.05. The van der Waals surface area contributed by atoms with E-state index in [2.05, 4.69) is 31.2 Å². The number of aromatic amines is 1. The van der Waals surface area contributed by atoms with Crippen molar-refractivity contribution in [3.63, 3.8) is 0 Å². The Labute approximate surface area is 107 Å². The molecular formula is C12H12BrN3O. The lowest BCUT2D eigenvalue weighted by Crippen LogP contribution is -2.14. The molecule has 17 heavy (non-hydrogen) atoms. The molecule has 0 fully saturated rings. The summed E-state index contributed by atoms with van der Waals surface area (Å²) < 4.78 is 0.907. The molecule has 2 N–H and O–H groups in total. The Bertz CT molecular complexity index is 580. The maximum atomic E-state index is 11.5. The van der Waals surface area contributed by atoms with Crippen LogP contribution in [-0.4, -0.2) is 17.0 Å². The largest absolute Gasteiger partial charge is 0.314 e. The van der Waals surface area contributed by atoms with Gasteiger partial charge >= 0.3 is 0 Å². The summed E-state index contributed by atoms with van der Waals surface area (Å²) in [6.07, 6.45) is 0. The zero-order chi connectivity index (χ0) is 12.3. The molecule has 2 rings (SSSR count). The summed E-state index contributed by atoms with van der Waals surface area (Å²) in [5.74, 6) is 0.579. The molecule has 1 aromatic carbocycles. The maximum absolute atomic E-state index is 11.5. The molecule has 0 radical (unpaired) electrons. The number of aromatic nitrogens is 2. The number of rotatable bonds is 3. The minimum Gasteiger partial charge on any atom is -0.314 e. The second-order valence-electron chi connectivity index (χ2n) is 3.60. The van der Waals surface area contributed by atoms with Crippen LogP contribution in [0, 0.1) is 0 Å². The number of nitrogens with zero attached hydrogens (tertiary/aromatic N) is 1. The fraction of sp³-hybridized carbons (Fsp3) is 0.167. The SMILES string of the molecule is CNCc1cc(=O)[nH]c(-c2ccccc2Br)n1. The van der Waals surface area contributed by atoms with Crippen LogP contribution in [0.5, 0.6) is 0 Å². The van der Waals surface area contributed by atoms with Crippen LogP contribution < -0.4 is 10.9 Å². The van der Waals surface area contributed by atoms with Crippen molar-refractivity contribution in [3.8, 4) is 11.4 Å². The fourth-order valence-electron chi connectivity index (χ4n) is 1.56. The van der Waals surface area contributed by atoms with E-state index >= 15 is 0 Å². The molecule has 0 spiro atoms. The van der Waals surface area contributed by atoms with Crippen molar-refractivity contribution in [3.05, 3.63) is 50.9 Å². The summed E-state index contributed by atoms with van der Waals surface area (Å²) in [6.45, 7) is 0.571. The number of hydrogen-bond acceptors (Lipinski definition) is 3. The molecule has 4 nitrogen and oxygen atoms in total. The van der Waals surface area contributed by atoms with Crippen molar-refractivity contribution in [2.24, 2.45) is 0 Å². The topological polar surface area (TPSA) is 57.8 Å². The molecule has 0 aliphatic carbocycles. The first-order valence-corrected chi connectivity index (χ1v) is 6.00. The summed E-state index contributed by atoms with van der Waals surface area (Å²) >= 11 is 3.44. The fourth-order valence-corrected chi connectivity index (χ4v) is 2.03. The van der Waals surface area contributed by atoms with Gasteiger partial charge in [0.15, 0.2) is 0 Å². The van der Waals surface area contributed by atoms with Gasteiger partial charge in [-0.05, 0) is 13.1 Å². The second-order valence-corrected chi connectivity index (χ2v) is 4.45. The first-order chi connectivity index (χ1) is 8.20. The molecule has 2 aromatic rings. The van der Waals surface area contributed by atoms with Gasteiger partial charge in [-0.3, -0.25) is 4.79 Å². The van der Waals surface area contributed by atoms with Gasteiger partial charge in [0.25, 0.3) is 5.56 Å². The molecule has 0 amide bonds. The lowest BCUT2D eigenvalue weighted by atomic mass is 10.2. The third-order valence-electron chi connectivity index (χ3n) is 2.28. The van der Waals surface area contributed by atoms with Crippen LogP contribution in [0.15, 0.2) is 39.6 Å². The molecule has 0 atom stereocenters. The third kappa shape index (κ3) is 2.81. The van der Waals surface area contributed by atoms with E-state index in [0.29, 0.717) is 12.4 Å². The van der Waals surface area contributed by atoms with Gasteiger partial charge in [-0.25, -0.2) is 4.98 Å². The first-order valence-electron chi connectivity index (χ1n) is 5.20. The van der Waals surface area contributed by atoms with E-state index < -0.39 is 0 Å². The van der Waals surface area contributed by atoms with Gasteiger partial charge in [-0.15, -0.1) is 0 Å². The Hall–Kier alpha value is -1.46. The van der Waals surface area contributed by atoms with Crippen molar-refractivity contribution in [2.75, 3.05) is 7.05 Å². The normalized spacial score (nSPS) is 10.5. The van der Waals surface area contributed by atoms with Gasteiger partial charge in [-0.1, -0.05) is 34.1 Å². The molecule has 0 saturated heterocycles. The van der Waals surface area contributed by atoms with Crippen molar-refractivity contribution >= 4 is 15.9 Å². The van der Waals surface area contributed by atoms with Gasteiger partial charge in [0.1, 0.15) is 5.82 Å². The van der Waals surface area contributed by atoms with Crippen molar-refractivity contribution in [1.82, 2.24) is 15.3 Å². The Morgan fingerprint density at radius 1 is 1.41 bits per heavy atom. The smallest absolute Gasteiger partial charge is 0.251 e. The van der Waals surface area contributed by atoms with Crippen LogP contribution in [0.4, 0.5) is 0 Å². The van der Waals surface area contributed by atoms with E-state index in [1.807, 2.05) is 31.3 Å². The highest BCUT2D eigenvalue weighted by Gasteiger charge is 2.06. The number of nitrogens with one attached hydrogen (secondary N) is 2. The van der Waals surface area contributed by atoms with Crippen LogP contribution in [-0.2, 0) is 6.54 Å². The summed E-state index contributed by atoms with van der Waals surface area (Å²) in [5, 5.41) is 2.98. The monoisotopic (exact) mass is 293 g/mol. The van der Waals surface area contributed by atoms with E-state index in [9.17, 15) is 4.79 Å². The predicted octanol–water partition coefficient (Wildman–Crippen LogP) is 1.92. The molecule has 0 saturated carbocycles. The van der Waals surface area contributed by atoms with E-state index in [1.165, 1.54) is 6.07 Å². The first kappa shape index (κ1) is 12.0. The molecule has 0 bridgehead atoms. The minimum atomic E-state index is -0.143. The molecule has 0 unspecified atom stereocenters. The molecule has 1 heterocycles. The maximum Gasteiger partial charge on any atom is 0.251 e. The van der Waals surface area contributed by atoms with Crippen molar-refractivity contribution in [2.45, 2.75) is 6.54 Å². The summed E-state index contributed by atoms with van der Waals surface area (Å²) in [7, 11) is 1.82. The zero-order valence-corrected chi connectivity index (χ0v) is 10.9. The highest BCUT2D eigenvalue weighted by Crippen LogP contribution is 2.24. The Balaban J connectivity index is 2.52. The third-order valence-corrected chi connectivity index (χ3v) is 2.97. The quantitative estimate of drug-likeness (QED) is 0.909. The minimum absolute atomic E-state index is 0.143. The molecule has 88 valence electrons. The Kier molecular flexibility index (Phi) is 3.71. The average Bonchev–Trinajstić information content (AvgIpc) is 2.29. The van der Waals surface area contributed by atoms with Crippen LogP contribution in [0.1, 0.15) is 5.69 Å². The number of benzene rings is 1. The number of H-pyrrole nitrogens is 1. The molecule has 0 aliphatic rings. The second kappa shape index (κ2) is 5.25. The van der Waals surface area contributed by atoms with Gasteiger partial charge < -0.3 is 10.3 Å². The molecule has 5 heteroatoms. The Morgan fingerprint density at radius 3 is 2.88 bits per heavy atom. The molecule has 0 aliphatic heterocycles. The standard InChI is InChI=1S/C12H12BrN3O/c1-14-7-8-6-11(17)16-12(15-8)9-4-2-3-5-10(9)13/h2-6,14H,7H2,1H3,(H,15,16,17). The van der Waals surface area contributed by atoms with E-state index in [-0.39, 0.29) is 5.56 Å². The van der Waals surface area contributed by atoms with Crippen molar-refractivity contribution < 1.29 is 0 Å². The van der Waals surface area contributed by atoms with Crippen LogP contribution in [0.2, 0.25) is 0 Å². The Morgan fingerprint density at radius 2 is 2.18 bits per heavy atom. The van der Waals surface area contributed by atoms with E-state index in [1.54, 1.807) is 0 Å². The van der Waals surface area contributed by atoms with Gasteiger partial charge in [0.2, 0.25) is 0 Å². The van der Waals surface area contributed by atoms with Crippen LogP contribution in [0.25, 0.3) is 11.4 Å². The predicted molar refractivity (Wildman–Crippen MR) is 70.8 cm³/mol. The van der Waals surface area contributed by atoms with Gasteiger partial charge in [-0.2, -0.15) is 0 Å². The van der Waals surface area contributed by atoms with Gasteiger partial charge in [0.05, 0.1) is 5.69 Å². The average molecular weight is 294 g/mol. The lowest BCUT2D eigenvalue weighted by molar-refractivity contribution is 0.785. The van der Waals surface area contributed by atoms with E-state index in [4.69, 9.17) is 0 Å². The highest BCUT2D eigenvalue weighted by atomic mass is 79.9. The van der Waals surface area contributed by atoms with E-state index in [0.717, 1.165) is 15.7 Å². The van der Waals surface area contributed by atoms with Gasteiger partial charge in [0, 0.05) is 22.6 Å². The number of hydrogen-bond donors (Lipinski definition) is 2. The molecule has 1 aromatic heterocycles. The summed E-state index contributed by atoms with van der Waals surface area (Å²) in [5.41, 5.74) is 1.46. The highest BCUT2D eigenvalue weighted by molar-refractivity contribution is 9.10. The molecular weight excluding hydrogens is 282 g/mol. The van der Waals surface area contributed by atoms with Crippen molar-refractivity contribution in [1.29, 1.82) is 0 Å².